The number of carbonyl (C=O) groups is 2. The summed E-state index contributed by atoms with van der Waals surface area (Å²) in [5.41, 5.74) is 3.35. The van der Waals surface area contributed by atoms with E-state index in [0.717, 1.165) is 16.8 Å². The van der Waals surface area contributed by atoms with Crippen molar-refractivity contribution >= 4 is 40.9 Å². The third kappa shape index (κ3) is 3.60. The summed E-state index contributed by atoms with van der Waals surface area (Å²) in [6, 6.07) is 23.9. The van der Waals surface area contributed by atoms with Gasteiger partial charge >= 0.3 is 0 Å². The van der Waals surface area contributed by atoms with Crippen LogP contribution >= 0.6 is 11.6 Å². The van der Waals surface area contributed by atoms with Crippen molar-refractivity contribution in [2.24, 2.45) is 5.92 Å². The monoisotopic (exact) mass is 444 g/mol. The highest BCUT2D eigenvalue weighted by Gasteiger charge is 2.59. The van der Waals surface area contributed by atoms with Crippen LogP contribution in [0.5, 0.6) is 0 Å². The summed E-state index contributed by atoms with van der Waals surface area (Å²) in [4.78, 5) is 34.1. The summed E-state index contributed by atoms with van der Waals surface area (Å²) in [6.45, 7) is 1.96. The lowest BCUT2D eigenvalue weighted by Crippen LogP contribution is -2.39. The number of amides is 2. The number of rotatable bonds is 4. The van der Waals surface area contributed by atoms with Crippen molar-refractivity contribution in [3.8, 4) is 0 Å². The summed E-state index contributed by atoms with van der Waals surface area (Å²) < 4.78 is 0. The maximum absolute atomic E-state index is 13.5. The van der Waals surface area contributed by atoms with E-state index in [9.17, 15) is 9.59 Å². The van der Waals surface area contributed by atoms with E-state index >= 15 is 0 Å². The summed E-state index contributed by atoms with van der Waals surface area (Å²) in [7, 11) is 0. The number of hydrogen-bond donors (Lipinski definition) is 0. The van der Waals surface area contributed by atoms with Crippen molar-refractivity contribution in [1.29, 1.82) is 0 Å². The molecule has 0 aromatic heterocycles. The van der Waals surface area contributed by atoms with Gasteiger partial charge < -0.3 is 0 Å². The molecule has 2 heterocycles. The first-order valence-electron chi connectivity index (χ1n) is 10.4. The first-order chi connectivity index (χ1) is 15.5. The lowest BCUT2D eigenvalue weighted by molar-refractivity contribution is -0.126. The second-order valence-electron chi connectivity index (χ2n) is 7.96. The highest BCUT2D eigenvalue weighted by molar-refractivity contribution is 6.30. The van der Waals surface area contributed by atoms with E-state index < -0.39 is 18.1 Å². The van der Waals surface area contributed by atoms with Gasteiger partial charge in [0.1, 0.15) is 5.92 Å². The van der Waals surface area contributed by atoms with Crippen LogP contribution in [0, 0.1) is 12.8 Å². The van der Waals surface area contributed by atoms with Crippen molar-refractivity contribution in [1.82, 2.24) is 0 Å². The van der Waals surface area contributed by atoms with Crippen molar-refractivity contribution in [2.75, 3.05) is 9.96 Å². The molecule has 2 aliphatic rings. The number of para-hydroxylation sites is 1. The largest absolute Gasteiger partial charge is 0.273 e. The number of halogens is 1. The van der Waals surface area contributed by atoms with Gasteiger partial charge in [0, 0.05) is 5.02 Å². The van der Waals surface area contributed by atoms with Crippen LogP contribution in [0.3, 0.4) is 0 Å². The Kier molecular flexibility index (Phi) is 5.29. The molecule has 3 aromatic rings. The summed E-state index contributed by atoms with van der Waals surface area (Å²) in [5, 5.41) is 2.33. The molecule has 6 heteroatoms. The average Bonchev–Trinajstić information content (AvgIpc) is 3.30. The molecule has 0 aliphatic carbocycles. The van der Waals surface area contributed by atoms with Gasteiger partial charge in [-0.25, -0.2) is 9.96 Å². The van der Waals surface area contributed by atoms with Crippen molar-refractivity contribution in [3.63, 3.8) is 0 Å². The quantitative estimate of drug-likeness (QED) is 0.529. The number of carbonyl (C=O) groups excluding carboxylic acids is 2. The van der Waals surface area contributed by atoms with Gasteiger partial charge in [0.15, 0.2) is 6.10 Å². The minimum absolute atomic E-state index is 0.256. The molecule has 0 radical (unpaired) electrons. The molecule has 1 unspecified atom stereocenters. The van der Waals surface area contributed by atoms with Gasteiger partial charge in [-0.3, -0.25) is 14.4 Å². The number of fused-ring (bicyclic) bond motifs is 1. The number of hydrogen-bond acceptors (Lipinski definition) is 4. The predicted octanol–water partition coefficient (Wildman–Crippen LogP) is 5.04. The van der Waals surface area contributed by atoms with Gasteiger partial charge in [0.2, 0.25) is 5.91 Å². The van der Waals surface area contributed by atoms with Crippen LogP contribution in [0.2, 0.25) is 5.02 Å². The number of anilines is 2. The van der Waals surface area contributed by atoms with E-state index in [1.54, 1.807) is 17.2 Å². The number of imide groups is 1. The topological polar surface area (TPSA) is 49.9 Å². The van der Waals surface area contributed by atoms with Crippen LogP contribution in [0.25, 0.3) is 6.08 Å². The molecule has 32 heavy (non-hydrogen) atoms. The van der Waals surface area contributed by atoms with Gasteiger partial charge in [0.25, 0.3) is 5.91 Å². The van der Waals surface area contributed by atoms with Crippen LogP contribution in [0.1, 0.15) is 11.1 Å². The molecular weight excluding hydrogens is 424 g/mol. The van der Waals surface area contributed by atoms with Crippen molar-refractivity contribution in [3.05, 3.63) is 101 Å². The van der Waals surface area contributed by atoms with Gasteiger partial charge in [-0.05, 0) is 48.9 Å². The smallest absolute Gasteiger partial charge is 0.266 e. The van der Waals surface area contributed by atoms with Crippen LogP contribution in [-0.4, -0.2) is 24.0 Å². The molecule has 2 fully saturated rings. The Labute approximate surface area is 191 Å². The van der Waals surface area contributed by atoms with E-state index in [1.165, 1.54) is 4.90 Å². The number of nitrogens with zero attached hydrogens (tertiary/aromatic N) is 2. The second kappa shape index (κ2) is 8.26. The molecule has 5 rings (SSSR count). The van der Waals surface area contributed by atoms with Crippen LogP contribution in [0.4, 0.5) is 11.4 Å². The van der Waals surface area contributed by atoms with E-state index in [1.807, 2.05) is 85.8 Å². The van der Waals surface area contributed by atoms with Gasteiger partial charge in [-0.15, -0.1) is 0 Å². The molecule has 2 amide bonds. The third-order valence-electron chi connectivity index (χ3n) is 5.82. The molecule has 3 aromatic carbocycles. The Hall–Kier alpha value is -3.41. The number of benzene rings is 3. The molecular formula is C26H21ClN2O3. The average molecular weight is 445 g/mol. The summed E-state index contributed by atoms with van der Waals surface area (Å²) in [5.74, 6) is -1.24. The number of aryl methyl sites for hydroxylation is 1. The zero-order valence-electron chi connectivity index (χ0n) is 17.4. The highest BCUT2D eigenvalue weighted by Crippen LogP contribution is 2.41. The minimum atomic E-state index is -0.871. The van der Waals surface area contributed by atoms with Gasteiger partial charge in [0.05, 0.1) is 17.4 Å². The fourth-order valence-electron chi connectivity index (χ4n) is 4.18. The van der Waals surface area contributed by atoms with E-state index in [2.05, 4.69) is 0 Å². The number of hydroxylamine groups is 1. The normalized spacial score (nSPS) is 22.8. The standard InChI is InChI=1S/C26H21ClN2O3/c1-17-7-14-20(15-8-17)28-25(30)23-22(16-11-18-9-12-19(27)13-10-18)29(32-24(23)26(28)31)21-5-3-2-4-6-21/h2-16,22-24H,1H3/b16-11+/t22?,23-,24+/m0/s1. The Morgan fingerprint density at radius 2 is 1.53 bits per heavy atom. The molecule has 5 nitrogen and oxygen atoms in total. The van der Waals surface area contributed by atoms with Crippen LogP contribution in [-0.2, 0) is 14.4 Å². The molecule has 0 spiro atoms. The van der Waals surface area contributed by atoms with Crippen molar-refractivity contribution in [2.45, 2.75) is 19.1 Å². The third-order valence-corrected chi connectivity index (χ3v) is 6.07. The van der Waals surface area contributed by atoms with Gasteiger partial charge in [-0.2, -0.15) is 0 Å². The Bertz CT molecular complexity index is 1180. The minimum Gasteiger partial charge on any atom is -0.273 e. The Balaban J connectivity index is 1.51. The predicted molar refractivity (Wildman–Crippen MR) is 125 cm³/mol. The Morgan fingerprint density at radius 1 is 0.844 bits per heavy atom. The molecule has 0 N–H and O–H groups in total. The first-order valence-corrected chi connectivity index (χ1v) is 10.8. The fraction of sp³-hybridized carbons (Fsp3) is 0.154. The molecule has 0 bridgehead atoms. The molecule has 3 atom stereocenters. The van der Waals surface area contributed by atoms with E-state index in [-0.39, 0.29) is 11.8 Å². The maximum atomic E-state index is 13.5. The van der Waals surface area contributed by atoms with Crippen LogP contribution < -0.4 is 9.96 Å². The fourth-order valence-corrected chi connectivity index (χ4v) is 4.31. The first kappa shape index (κ1) is 20.5. The lowest BCUT2D eigenvalue weighted by Gasteiger charge is -2.26. The van der Waals surface area contributed by atoms with Crippen molar-refractivity contribution < 1.29 is 14.4 Å². The zero-order valence-corrected chi connectivity index (χ0v) is 18.1. The highest BCUT2D eigenvalue weighted by atomic mass is 35.5. The van der Waals surface area contributed by atoms with E-state index in [0.29, 0.717) is 10.7 Å². The molecule has 2 aliphatic heterocycles. The Morgan fingerprint density at radius 3 is 2.22 bits per heavy atom. The molecule has 160 valence electrons. The maximum Gasteiger partial charge on any atom is 0.266 e. The van der Waals surface area contributed by atoms with E-state index in [4.69, 9.17) is 16.4 Å². The molecule has 2 saturated heterocycles. The van der Waals surface area contributed by atoms with Gasteiger partial charge in [-0.1, -0.05) is 71.8 Å². The zero-order chi connectivity index (χ0) is 22.2. The SMILES string of the molecule is Cc1ccc(N2C(=O)[C@@H]3ON(c4ccccc4)C(/C=C/c4ccc(Cl)cc4)[C@@H]3C2=O)cc1. The second-order valence-corrected chi connectivity index (χ2v) is 8.40. The molecule has 0 saturated carbocycles. The lowest BCUT2D eigenvalue weighted by atomic mass is 9.95. The summed E-state index contributed by atoms with van der Waals surface area (Å²) in [6.07, 6.45) is 2.98. The van der Waals surface area contributed by atoms with Crippen LogP contribution in [0.15, 0.2) is 84.9 Å². The summed E-state index contributed by atoms with van der Waals surface area (Å²) >= 11 is 5.99.